The van der Waals surface area contributed by atoms with Crippen molar-refractivity contribution in [1.29, 1.82) is 0 Å². The van der Waals surface area contributed by atoms with Crippen molar-refractivity contribution >= 4 is 17.5 Å². The quantitative estimate of drug-likeness (QED) is 0.342. The summed E-state index contributed by atoms with van der Waals surface area (Å²) in [6.07, 6.45) is -0.535. The topological polar surface area (TPSA) is 114 Å². The molecule has 3 aromatic rings. The maximum Gasteiger partial charge on any atom is 0.389 e. The van der Waals surface area contributed by atoms with Gasteiger partial charge >= 0.3 is 6.18 Å². The Labute approximate surface area is 225 Å². The SMILES string of the molecule is Cc1nocc1C(=O)N[C@H](c1cn2ncc([C@H](NC(=O)CCC(F)(F)F)C3CC3)cc2n1)C1CCC(F)(F)CC1. The molecule has 3 aromatic heterocycles. The van der Waals surface area contributed by atoms with Crippen LogP contribution in [0.2, 0.25) is 0 Å². The number of imidazole rings is 1. The van der Waals surface area contributed by atoms with E-state index in [1.54, 1.807) is 19.2 Å². The first kappa shape index (κ1) is 28.0. The molecule has 2 saturated carbocycles. The van der Waals surface area contributed by atoms with Gasteiger partial charge in [-0.2, -0.15) is 18.3 Å². The van der Waals surface area contributed by atoms with Gasteiger partial charge in [0.2, 0.25) is 11.8 Å². The van der Waals surface area contributed by atoms with Crippen molar-refractivity contribution in [2.75, 3.05) is 0 Å². The lowest BCUT2D eigenvalue weighted by atomic mass is 9.81. The zero-order valence-corrected chi connectivity index (χ0v) is 21.7. The lowest BCUT2D eigenvalue weighted by Gasteiger charge is -2.33. The molecule has 2 N–H and O–H groups in total. The van der Waals surface area contributed by atoms with Crippen molar-refractivity contribution in [3.63, 3.8) is 0 Å². The Morgan fingerprint density at radius 1 is 1.12 bits per heavy atom. The number of alkyl halides is 5. The summed E-state index contributed by atoms with van der Waals surface area (Å²) in [5.74, 6) is -4.15. The molecule has 0 spiro atoms. The second-order valence-electron chi connectivity index (χ2n) is 10.7. The molecule has 3 heterocycles. The fraction of sp³-hybridized carbons (Fsp3) is 0.577. The van der Waals surface area contributed by atoms with Crippen molar-refractivity contribution in [3.8, 4) is 0 Å². The van der Waals surface area contributed by atoms with Crippen molar-refractivity contribution in [2.45, 2.75) is 82.5 Å². The molecule has 2 amide bonds. The number of carbonyl (C=O) groups is 2. The van der Waals surface area contributed by atoms with Gasteiger partial charge in [0.1, 0.15) is 11.8 Å². The zero-order valence-electron chi connectivity index (χ0n) is 21.7. The van der Waals surface area contributed by atoms with E-state index in [2.05, 4.69) is 25.9 Å². The minimum absolute atomic E-state index is 0.0799. The van der Waals surface area contributed by atoms with Crippen molar-refractivity contribution < 1.29 is 36.1 Å². The summed E-state index contributed by atoms with van der Waals surface area (Å²) in [5.41, 5.74) is 2.04. The Kier molecular flexibility index (Phi) is 7.53. The Morgan fingerprint density at radius 3 is 2.45 bits per heavy atom. The number of aromatic nitrogens is 4. The van der Waals surface area contributed by atoms with Gasteiger partial charge in [0, 0.05) is 19.3 Å². The van der Waals surface area contributed by atoms with Crippen LogP contribution >= 0.6 is 0 Å². The lowest BCUT2D eigenvalue weighted by molar-refractivity contribution is -0.144. The molecule has 0 radical (unpaired) electrons. The van der Waals surface area contributed by atoms with Gasteiger partial charge in [-0.25, -0.2) is 18.3 Å². The number of nitrogens with zero attached hydrogens (tertiary/aromatic N) is 4. The van der Waals surface area contributed by atoms with Gasteiger partial charge in [-0.3, -0.25) is 9.59 Å². The van der Waals surface area contributed by atoms with E-state index < -0.39 is 48.8 Å². The molecular formula is C26H29F5N6O3. The van der Waals surface area contributed by atoms with E-state index >= 15 is 0 Å². The van der Waals surface area contributed by atoms with Gasteiger partial charge in [0.05, 0.1) is 42.3 Å². The molecule has 14 heteroatoms. The highest BCUT2D eigenvalue weighted by molar-refractivity contribution is 5.95. The molecule has 0 aliphatic heterocycles. The molecule has 0 unspecified atom stereocenters. The van der Waals surface area contributed by atoms with E-state index in [1.807, 2.05) is 0 Å². The molecular weight excluding hydrogens is 539 g/mol. The van der Waals surface area contributed by atoms with Crippen LogP contribution < -0.4 is 10.6 Å². The summed E-state index contributed by atoms with van der Waals surface area (Å²) < 4.78 is 71.9. The normalized spacial score (nSPS) is 19.4. The summed E-state index contributed by atoms with van der Waals surface area (Å²) >= 11 is 0. The monoisotopic (exact) mass is 568 g/mol. The van der Waals surface area contributed by atoms with Crippen molar-refractivity contribution in [2.24, 2.45) is 11.8 Å². The Morgan fingerprint density at radius 2 is 1.82 bits per heavy atom. The third kappa shape index (κ3) is 6.58. The van der Waals surface area contributed by atoms with E-state index in [9.17, 15) is 31.5 Å². The molecule has 216 valence electrons. The molecule has 9 nitrogen and oxygen atoms in total. The summed E-state index contributed by atoms with van der Waals surface area (Å²) in [7, 11) is 0. The van der Waals surface area contributed by atoms with E-state index in [4.69, 9.17) is 4.52 Å². The number of aryl methyl sites for hydroxylation is 1. The van der Waals surface area contributed by atoms with Crippen LogP contribution in [0.5, 0.6) is 0 Å². The molecule has 0 aromatic carbocycles. The Balaban J connectivity index is 1.39. The number of hydrogen-bond donors (Lipinski definition) is 2. The Bertz CT molecular complexity index is 1370. The standard InChI is InChI=1S/C26H29F5N6O3/c1-14-18(13-40-36-14)24(39)35-23(16-4-7-25(27,28)8-5-16)19-12-37-20(33-19)10-17(11-32-37)22(15-2-3-15)34-21(38)6-9-26(29,30)31/h10-13,15-16,22-23H,2-9H2,1H3,(H,34,38)(H,35,39)/t22-,23+/m1/s1. The lowest BCUT2D eigenvalue weighted by Crippen LogP contribution is -2.37. The summed E-state index contributed by atoms with van der Waals surface area (Å²) in [6.45, 7) is 1.61. The van der Waals surface area contributed by atoms with Crippen LogP contribution in [0.25, 0.3) is 5.65 Å². The van der Waals surface area contributed by atoms with E-state index in [0.717, 1.165) is 12.8 Å². The average molecular weight is 569 g/mol. The first-order chi connectivity index (χ1) is 18.9. The van der Waals surface area contributed by atoms with Crippen LogP contribution in [-0.4, -0.2) is 43.7 Å². The van der Waals surface area contributed by atoms with E-state index in [-0.39, 0.29) is 43.1 Å². The second kappa shape index (κ2) is 10.8. The molecule has 40 heavy (non-hydrogen) atoms. The minimum Gasteiger partial charge on any atom is -0.364 e. The highest BCUT2D eigenvalue weighted by Crippen LogP contribution is 2.43. The van der Waals surface area contributed by atoms with Crippen LogP contribution in [0, 0.1) is 18.8 Å². The molecule has 2 aliphatic rings. The number of fused-ring (bicyclic) bond motifs is 1. The van der Waals surface area contributed by atoms with Gasteiger partial charge in [-0.05, 0) is 56.1 Å². The number of hydrogen-bond acceptors (Lipinski definition) is 6. The van der Waals surface area contributed by atoms with E-state index in [0.29, 0.717) is 22.6 Å². The molecule has 2 fully saturated rings. The second-order valence-corrected chi connectivity index (χ2v) is 10.7. The van der Waals surface area contributed by atoms with Gasteiger partial charge in [0.25, 0.3) is 5.91 Å². The summed E-state index contributed by atoms with van der Waals surface area (Å²) in [6, 6.07) is 0.497. The zero-order chi connectivity index (χ0) is 28.7. The predicted octanol–water partition coefficient (Wildman–Crippen LogP) is 5.23. The van der Waals surface area contributed by atoms with Crippen LogP contribution in [0.3, 0.4) is 0 Å². The van der Waals surface area contributed by atoms with Crippen LogP contribution in [0.1, 0.15) is 90.8 Å². The number of halogens is 5. The largest absolute Gasteiger partial charge is 0.389 e. The highest BCUT2D eigenvalue weighted by atomic mass is 19.4. The maximum absolute atomic E-state index is 13.9. The molecule has 5 rings (SSSR count). The minimum atomic E-state index is -4.42. The van der Waals surface area contributed by atoms with Gasteiger partial charge < -0.3 is 15.2 Å². The van der Waals surface area contributed by atoms with Gasteiger partial charge in [-0.15, -0.1) is 0 Å². The fourth-order valence-electron chi connectivity index (χ4n) is 5.19. The molecule has 2 aliphatic carbocycles. The Hall–Kier alpha value is -3.58. The molecule has 2 atom stereocenters. The average Bonchev–Trinajstić information content (AvgIpc) is 3.49. The number of rotatable bonds is 9. The predicted molar refractivity (Wildman–Crippen MR) is 130 cm³/mol. The van der Waals surface area contributed by atoms with E-state index in [1.165, 1.54) is 17.0 Å². The van der Waals surface area contributed by atoms with Crippen LogP contribution in [-0.2, 0) is 4.79 Å². The molecule has 0 bridgehead atoms. The molecule has 0 saturated heterocycles. The number of carbonyl (C=O) groups excluding carboxylic acids is 2. The third-order valence-electron chi connectivity index (χ3n) is 7.60. The number of amides is 2. The summed E-state index contributed by atoms with van der Waals surface area (Å²) in [5, 5.41) is 13.7. The summed E-state index contributed by atoms with van der Waals surface area (Å²) in [4.78, 5) is 29.9. The first-order valence-electron chi connectivity index (χ1n) is 13.2. The third-order valence-corrected chi connectivity index (χ3v) is 7.60. The fourth-order valence-corrected chi connectivity index (χ4v) is 5.19. The maximum atomic E-state index is 13.9. The van der Waals surface area contributed by atoms with Crippen LogP contribution in [0.15, 0.2) is 29.2 Å². The van der Waals surface area contributed by atoms with Crippen molar-refractivity contribution in [1.82, 2.24) is 30.4 Å². The smallest absolute Gasteiger partial charge is 0.364 e. The first-order valence-corrected chi connectivity index (χ1v) is 13.2. The van der Waals surface area contributed by atoms with Gasteiger partial charge in [0.15, 0.2) is 5.65 Å². The number of nitrogens with one attached hydrogen (secondary N) is 2. The van der Waals surface area contributed by atoms with Crippen LogP contribution in [0.4, 0.5) is 22.0 Å². The van der Waals surface area contributed by atoms with Gasteiger partial charge in [-0.1, -0.05) is 5.16 Å². The van der Waals surface area contributed by atoms with Crippen molar-refractivity contribution in [3.05, 3.63) is 47.2 Å². The highest BCUT2D eigenvalue weighted by Gasteiger charge is 2.40.